The van der Waals surface area contributed by atoms with E-state index in [4.69, 9.17) is 5.11 Å². The zero-order chi connectivity index (χ0) is 13.1. The normalized spacial score (nSPS) is 19.5. The average molecular weight is 252 g/mol. The Hall–Kier alpha value is -1.92. The first kappa shape index (κ1) is 12.5. The van der Waals surface area contributed by atoms with Crippen LogP contribution in [0, 0.1) is 5.92 Å². The third-order valence-electron chi connectivity index (χ3n) is 3.06. The zero-order valence-electron chi connectivity index (χ0n) is 10.2. The van der Waals surface area contributed by atoms with Crippen LogP contribution in [0.1, 0.15) is 25.6 Å². The SMILES string of the molecule is CCCn1cnnc1CN1CC(C(=O)O)CC1=O. The van der Waals surface area contributed by atoms with E-state index in [-0.39, 0.29) is 18.9 Å². The standard InChI is InChI=1S/C11H16N4O3/c1-2-3-14-7-12-13-9(14)6-15-5-8(11(17)18)4-10(15)16/h7-8H,2-6H2,1H3,(H,17,18). The van der Waals surface area contributed by atoms with Crippen LogP contribution in [0.3, 0.4) is 0 Å². The van der Waals surface area contributed by atoms with E-state index in [1.54, 1.807) is 6.33 Å². The molecule has 1 atom stereocenters. The highest BCUT2D eigenvalue weighted by Crippen LogP contribution is 2.19. The van der Waals surface area contributed by atoms with Crippen LogP contribution in [-0.2, 0) is 22.7 Å². The van der Waals surface area contributed by atoms with Crippen molar-refractivity contribution in [1.29, 1.82) is 0 Å². The summed E-state index contributed by atoms with van der Waals surface area (Å²) in [6.45, 7) is 3.44. The van der Waals surface area contributed by atoms with Gasteiger partial charge in [-0.05, 0) is 6.42 Å². The van der Waals surface area contributed by atoms with Crippen molar-refractivity contribution in [2.75, 3.05) is 6.54 Å². The molecule has 2 heterocycles. The van der Waals surface area contributed by atoms with Gasteiger partial charge in [-0.3, -0.25) is 9.59 Å². The summed E-state index contributed by atoms with van der Waals surface area (Å²) in [5.41, 5.74) is 0. The summed E-state index contributed by atoms with van der Waals surface area (Å²) in [5.74, 6) is -0.939. The van der Waals surface area contributed by atoms with Crippen molar-refractivity contribution in [3.05, 3.63) is 12.2 Å². The lowest BCUT2D eigenvalue weighted by Crippen LogP contribution is -2.27. The first-order valence-electron chi connectivity index (χ1n) is 5.99. The molecule has 1 saturated heterocycles. The summed E-state index contributed by atoms with van der Waals surface area (Å²) in [4.78, 5) is 24.1. The number of likely N-dealkylation sites (tertiary alicyclic amines) is 1. The van der Waals surface area contributed by atoms with Gasteiger partial charge in [0.05, 0.1) is 12.5 Å². The molecule has 0 aliphatic carbocycles. The highest BCUT2D eigenvalue weighted by Gasteiger charge is 2.34. The van der Waals surface area contributed by atoms with E-state index in [1.807, 2.05) is 11.5 Å². The molecule has 0 spiro atoms. The molecule has 1 aromatic heterocycles. The van der Waals surface area contributed by atoms with Crippen LogP contribution < -0.4 is 0 Å². The topological polar surface area (TPSA) is 88.3 Å². The number of carboxylic acid groups (broad SMARTS) is 1. The molecule has 1 aliphatic heterocycles. The van der Waals surface area contributed by atoms with E-state index >= 15 is 0 Å². The first-order chi connectivity index (χ1) is 8.61. The second-order valence-electron chi connectivity index (χ2n) is 4.45. The van der Waals surface area contributed by atoms with E-state index < -0.39 is 11.9 Å². The highest BCUT2D eigenvalue weighted by atomic mass is 16.4. The lowest BCUT2D eigenvalue weighted by molar-refractivity contribution is -0.141. The molecule has 18 heavy (non-hydrogen) atoms. The Kier molecular flexibility index (Phi) is 3.59. The second-order valence-corrected chi connectivity index (χ2v) is 4.45. The van der Waals surface area contributed by atoms with E-state index in [0.717, 1.165) is 13.0 Å². The van der Waals surface area contributed by atoms with Crippen molar-refractivity contribution in [3.63, 3.8) is 0 Å². The van der Waals surface area contributed by atoms with Gasteiger partial charge in [-0.1, -0.05) is 6.92 Å². The van der Waals surface area contributed by atoms with Crippen LogP contribution in [0.2, 0.25) is 0 Å². The Morgan fingerprint density at radius 3 is 3.00 bits per heavy atom. The monoisotopic (exact) mass is 252 g/mol. The van der Waals surface area contributed by atoms with E-state index in [0.29, 0.717) is 12.4 Å². The minimum absolute atomic E-state index is 0.0806. The maximum absolute atomic E-state index is 11.7. The van der Waals surface area contributed by atoms with Crippen LogP contribution in [0.4, 0.5) is 0 Å². The van der Waals surface area contributed by atoms with Crippen molar-refractivity contribution < 1.29 is 14.7 Å². The zero-order valence-corrected chi connectivity index (χ0v) is 10.2. The summed E-state index contributed by atoms with van der Waals surface area (Å²) in [6.07, 6.45) is 2.67. The fourth-order valence-electron chi connectivity index (χ4n) is 2.09. The third kappa shape index (κ3) is 2.49. The molecule has 1 fully saturated rings. The predicted molar refractivity (Wildman–Crippen MR) is 61.5 cm³/mol. The summed E-state index contributed by atoms with van der Waals surface area (Å²) < 4.78 is 1.89. The van der Waals surface area contributed by atoms with Gasteiger partial charge in [0.2, 0.25) is 5.91 Å². The number of hydrogen-bond donors (Lipinski definition) is 1. The Morgan fingerprint density at radius 1 is 1.61 bits per heavy atom. The molecule has 7 heteroatoms. The van der Waals surface area contributed by atoms with Crippen LogP contribution in [-0.4, -0.2) is 43.2 Å². The van der Waals surface area contributed by atoms with Crippen molar-refractivity contribution in [3.8, 4) is 0 Å². The van der Waals surface area contributed by atoms with Gasteiger partial charge in [-0.2, -0.15) is 0 Å². The van der Waals surface area contributed by atoms with Crippen LogP contribution in [0.15, 0.2) is 6.33 Å². The van der Waals surface area contributed by atoms with E-state index in [1.165, 1.54) is 4.90 Å². The molecule has 0 saturated carbocycles. The number of carbonyl (C=O) groups is 2. The molecule has 0 radical (unpaired) electrons. The molecular weight excluding hydrogens is 236 g/mol. The van der Waals surface area contributed by atoms with Gasteiger partial charge in [0.25, 0.3) is 0 Å². The molecule has 2 rings (SSSR count). The number of aryl methyl sites for hydroxylation is 1. The molecule has 1 N–H and O–H groups in total. The van der Waals surface area contributed by atoms with Crippen molar-refractivity contribution in [1.82, 2.24) is 19.7 Å². The molecule has 1 unspecified atom stereocenters. The number of aromatic nitrogens is 3. The lowest BCUT2D eigenvalue weighted by Gasteiger charge is -2.15. The Bertz CT molecular complexity index is 457. The van der Waals surface area contributed by atoms with Crippen molar-refractivity contribution in [2.45, 2.75) is 32.9 Å². The maximum Gasteiger partial charge on any atom is 0.308 e. The quantitative estimate of drug-likeness (QED) is 0.804. The minimum Gasteiger partial charge on any atom is -0.481 e. The molecule has 1 aromatic rings. The van der Waals surface area contributed by atoms with Gasteiger partial charge in [0, 0.05) is 19.5 Å². The van der Waals surface area contributed by atoms with Gasteiger partial charge in [-0.25, -0.2) is 0 Å². The van der Waals surface area contributed by atoms with Crippen molar-refractivity contribution >= 4 is 11.9 Å². The highest BCUT2D eigenvalue weighted by molar-refractivity contribution is 5.85. The fourth-order valence-corrected chi connectivity index (χ4v) is 2.09. The molecule has 0 aromatic carbocycles. The van der Waals surface area contributed by atoms with Gasteiger partial charge >= 0.3 is 5.97 Å². The molecular formula is C11H16N4O3. The lowest BCUT2D eigenvalue weighted by atomic mass is 10.1. The van der Waals surface area contributed by atoms with E-state index in [2.05, 4.69) is 10.2 Å². The van der Waals surface area contributed by atoms with Gasteiger partial charge in [0.15, 0.2) is 5.82 Å². The summed E-state index contributed by atoms with van der Waals surface area (Å²) >= 11 is 0. The number of nitrogens with zero attached hydrogens (tertiary/aromatic N) is 4. The van der Waals surface area contributed by atoms with Crippen molar-refractivity contribution in [2.24, 2.45) is 5.92 Å². The number of aliphatic carboxylic acids is 1. The van der Waals surface area contributed by atoms with Gasteiger partial charge in [0.1, 0.15) is 6.33 Å². The summed E-state index contributed by atoms with van der Waals surface area (Å²) in [6, 6.07) is 0. The second kappa shape index (κ2) is 5.16. The predicted octanol–water partition coefficient (Wildman–Crippen LogP) is 0.121. The van der Waals surface area contributed by atoms with E-state index in [9.17, 15) is 9.59 Å². The van der Waals surface area contributed by atoms with Crippen LogP contribution in [0.5, 0.6) is 0 Å². The summed E-state index contributed by atoms with van der Waals surface area (Å²) in [5, 5.41) is 16.7. The molecule has 0 bridgehead atoms. The number of hydrogen-bond acceptors (Lipinski definition) is 4. The number of rotatable bonds is 5. The first-order valence-corrected chi connectivity index (χ1v) is 5.99. The fraction of sp³-hybridized carbons (Fsp3) is 0.636. The van der Waals surface area contributed by atoms with Gasteiger partial charge < -0.3 is 14.6 Å². The van der Waals surface area contributed by atoms with Crippen LogP contribution >= 0.6 is 0 Å². The number of amides is 1. The minimum atomic E-state index is -0.916. The molecule has 1 aliphatic rings. The summed E-state index contributed by atoms with van der Waals surface area (Å²) in [7, 11) is 0. The third-order valence-corrected chi connectivity index (χ3v) is 3.06. The largest absolute Gasteiger partial charge is 0.481 e. The molecule has 7 nitrogen and oxygen atoms in total. The molecule has 1 amide bonds. The average Bonchev–Trinajstić information content (AvgIpc) is 2.89. The number of carboxylic acids is 1. The maximum atomic E-state index is 11.7. The Balaban J connectivity index is 2.03. The smallest absolute Gasteiger partial charge is 0.308 e. The Labute approximate surface area is 104 Å². The number of carbonyl (C=O) groups excluding carboxylic acids is 1. The molecule has 98 valence electrons. The van der Waals surface area contributed by atoms with Crippen LogP contribution in [0.25, 0.3) is 0 Å². The Morgan fingerprint density at radius 2 is 2.39 bits per heavy atom. The van der Waals surface area contributed by atoms with Gasteiger partial charge in [-0.15, -0.1) is 10.2 Å².